The van der Waals surface area contributed by atoms with Crippen LogP contribution in [0.25, 0.3) is 0 Å². The predicted octanol–water partition coefficient (Wildman–Crippen LogP) is 3.49. The van der Waals surface area contributed by atoms with Crippen LogP contribution < -0.4 is 4.74 Å². The number of rotatable bonds is 8. The fraction of sp³-hybridized carbons (Fsp3) is 0.417. The molecule has 0 aliphatic carbocycles. The van der Waals surface area contributed by atoms with Gasteiger partial charge < -0.3 is 24.7 Å². The molecule has 0 aromatic heterocycles. The van der Waals surface area contributed by atoms with E-state index in [4.69, 9.17) is 36.1 Å². The summed E-state index contributed by atoms with van der Waals surface area (Å²) in [5, 5.41) is 15.5. The summed E-state index contributed by atoms with van der Waals surface area (Å²) in [7, 11) is 0. The van der Waals surface area contributed by atoms with Gasteiger partial charge in [0.1, 0.15) is 5.75 Å². The lowest BCUT2D eigenvalue weighted by atomic mass is 10.0. The summed E-state index contributed by atoms with van der Waals surface area (Å²) in [5.74, 6) is -2.70. The molecule has 1 heterocycles. The number of nitrogens with zero attached hydrogens (tertiary/aromatic N) is 2. The summed E-state index contributed by atoms with van der Waals surface area (Å²) >= 11 is 6.20. The van der Waals surface area contributed by atoms with E-state index in [1.165, 1.54) is 31.7 Å². The van der Waals surface area contributed by atoms with Crippen molar-refractivity contribution < 1.29 is 24.5 Å². The van der Waals surface area contributed by atoms with Crippen molar-refractivity contribution in [3.05, 3.63) is 64.7 Å². The molecule has 2 aromatic rings. The second-order valence-corrected chi connectivity index (χ2v) is 7.94. The first-order valence-electron chi connectivity index (χ1n) is 10.7. The molecule has 3 rings (SSSR count). The highest BCUT2D eigenvalue weighted by molar-refractivity contribution is 6.30. The number of likely N-dealkylation sites (N-methyl/N-ethyl adjacent to an activating group) is 1. The Bertz CT molecular complexity index is 843. The molecule has 1 aliphatic heterocycles. The number of carboxylic acids is 2. The molecule has 2 aromatic carbocycles. The third-order valence-corrected chi connectivity index (χ3v) is 5.47. The number of hydrogen-bond donors (Lipinski definition) is 2. The van der Waals surface area contributed by atoms with Gasteiger partial charge in [-0.1, -0.05) is 48.9 Å². The SMILES string of the molecule is CCN1CCN(CCCOc2ccc(Cl)cc2Cc2ccccc2)CC1.O=C(O)C(=O)O. The molecular formula is C24H31ClN2O5. The zero-order valence-electron chi connectivity index (χ0n) is 18.4. The Hall–Kier alpha value is -2.61. The van der Waals surface area contributed by atoms with Crippen LogP contribution in [0.2, 0.25) is 5.02 Å². The summed E-state index contributed by atoms with van der Waals surface area (Å²) in [4.78, 5) is 23.3. The Morgan fingerprint density at radius 3 is 2.19 bits per heavy atom. The molecule has 1 saturated heterocycles. The molecule has 0 bridgehead atoms. The van der Waals surface area contributed by atoms with Gasteiger partial charge in [-0.05, 0) is 42.3 Å². The number of hydrogen-bond acceptors (Lipinski definition) is 5. The molecule has 0 amide bonds. The van der Waals surface area contributed by atoms with Gasteiger partial charge in [-0.2, -0.15) is 0 Å². The quantitative estimate of drug-likeness (QED) is 0.458. The first kappa shape index (κ1) is 25.6. The van der Waals surface area contributed by atoms with Crippen LogP contribution in [-0.2, 0) is 16.0 Å². The van der Waals surface area contributed by atoms with Crippen molar-refractivity contribution in [1.82, 2.24) is 9.80 Å². The van der Waals surface area contributed by atoms with Gasteiger partial charge in [0.25, 0.3) is 0 Å². The summed E-state index contributed by atoms with van der Waals surface area (Å²) in [6.45, 7) is 9.99. The molecule has 174 valence electrons. The minimum Gasteiger partial charge on any atom is -0.493 e. The van der Waals surface area contributed by atoms with E-state index < -0.39 is 11.9 Å². The normalized spacial score (nSPS) is 14.3. The van der Waals surface area contributed by atoms with Gasteiger partial charge in [0.15, 0.2) is 0 Å². The Labute approximate surface area is 194 Å². The van der Waals surface area contributed by atoms with E-state index in [2.05, 4.69) is 41.0 Å². The maximum atomic E-state index is 9.10. The Balaban J connectivity index is 0.000000534. The lowest BCUT2D eigenvalue weighted by Gasteiger charge is -2.33. The van der Waals surface area contributed by atoms with E-state index in [0.717, 1.165) is 48.9 Å². The fourth-order valence-electron chi connectivity index (χ4n) is 3.44. The predicted molar refractivity (Wildman–Crippen MR) is 125 cm³/mol. The van der Waals surface area contributed by atoms with Crippen molar-refractivity contribution >= 4 is 23.5 Å². The zero-order valence-corrected chi connectivity index (χ0v) is 19.1. The molecule has 0 radical (unpaired) electrons. The maximum Gasteiger partial charge on any atom is 0.414 e. The lowest BCUT2D eigenvalue weighted by molar-refractivity contribution is -0.159. The van der Waals surface area contributed by atoms with Gasteiger partial charge in [-0.15, -0.1) is 0 Å². The number of piperazine rings is 1. The van der Waals surface area contributed by atoms with Crippen molar-refractivity contribution in [3.8, 4) is 5.75 Å². The van der Waals surface area contributed by atoms with E-state index in [9.17, 15) is 0 Å². The summed E-state index contributed by atoms with van der Waals surface area (Å²) in [6, 6.07) is 16.4. The van der Waals surface area contributed by atoms with Crippen LogP contribution in [0.4, 0.5) is 0 Å². The van der Waals surface area contributed by atoms with Crippen molar-refractivity contribution in [2.75, 3.05) is 45.9 Å². The van der Waals surface area contributed by atoms with Crippen LogP contribution in [-0.4, -0.2) is 77.8 Å². The first-order chi connectivity index (χ1) is 15.4. The first-order valence-corrected chi connectivity index (χ1v) is 11.1. The van der Waals surface area contributed by atoms with Crippen LogP contribution in [0, 0.1) is 0 Å². The smallest absolute Gasteiger partial charge is 0.414 e. The molecule has 0 atom stereocenters. The van der Waals surface area contributed by atoms with Crippen molar-refractivity contribution in [2.24, 2.45) is 0 Å². The third kappa shape index (κ3) is 9.26. The van der Waals surface area contributed by atoms with Crippen LogP contribution in [0.15, 0.2) is 48.5 Å². The molecule has 2 N–H and O–H groups in total. The van der Waals surface area contributed by atoms with E-state index in [1.54, 1.807) is 0 Å². The molecule has 1 aliphatic rings. The standard InChI is InChI=1S/C22H29ClN2O.C2H2O4/c1-2-24-12-14-25(15-13-24)11-6-16-26-22-10-9-21(23)18-20(22)17-19-7-4-3-5-8-19;3-1(4)2(5)6/h3-5,7-10,18H,2,6,11-17H2,1H3;(H,3,4)(H,5,6). The molecule has 7 nitrogen and oxygen atoms in total. The third-order valence-electron chi connectivity index (χ3n) is 5.23. The number of carboxylic acid groups (broad SMARTS) is 2. The topological polar surface area (TPSA) is 90.3 Å². The van der Waals surface area contributed by atoms with Crippen LogP contribution in [0.3, 0.4) is 0 Å². The van der Waals surface area contributed by atoms with Crippen molar-refractivity contribution in [1.29, 1.82) is 0 Å². The molecular weight excluding hydrogens is 432 g/mol. The number of benzene rings is 2. The molecule has 0 unspecified atom stereocenters. The number of carbonyl (C=O) groups is 2. The summed E-state index contributed by atoms with van der Waals surface area (Å²) in [5.41, 5.74) is 2.42. The molecule has 8 heteroatoms. The lowest BCUT2D eigenvalue weighted by Crippen LogP contribution is -2.46. The Morgan fingerprint density at radius 2 is 1.59 bits per heavy atom. The van der Waals surface area contributed by atoms with Crippen LogP contribution in [0.5, 0.6) is 5.75 Å². The van der Waals surface area contributed by atoms with Gasteiger partial charge in [-0.3, -0.25) is 0 Å². The largest absolute Gasteiger partial charge is 0.493 e. The van der Waals surface area contributed by atoms with E-state index >= 15 is 0 Å². The van der Waals surface area contributed by atoms with E-state index in [-0.39, 0.29) is 0 Å². The van der Waals surface area contributed by atoms with Crippen LogP contribution >= 0.6 is 11.6 Å². The van der Waals surface area contributed by atoms with Crippen LogP contribution in [0.1, 0.15) is 24.5 Å². The van der Waals surface area contributed by atoms with E-state index in [0.29, 0.717) is 0 Å². The molecule has 1 fully saturated rings. The average molecular weight is 463 g/mol. The summed E-state index contributed by atoms with van der Waals surface area (Å²) < 4.78 is 6.10. The van der Waals surface area contributed by atoms with Crippen molar-refractivity contribution in [3.63, 3.8) is 0 Å². The van der Waals surface area contributed by atoms with Gasteiger partial charge in [-0.25, -0.2) is 9.59 Å². The highest BCUT2D eigenvalue weighted by Crippen LogP contribution is 2.25. The van der Waals surface area contributed by atoms with Gasteiger partial charge >= 0.3 is 11.9 Å². The second-order valence-electron chi connectivity index (χ2n) is 7.50. The highest BCUT2D eigenvalue weighted by atomic mass is 35.5. The number of aliphatic carboxylic acids is 2. The average Bonchev–Trinajstić information content (AvgIpc) is 2.79. The van der Waals surface area contributed by atoms with Crippen molar-refractivity contribution in [2.45, 2.75) is 19.8 Å². The minimum atomic E-state index is -1.82. The minimum absolute atomic E-state index is 0.747. The van der Waals surface area contributed by atoms with Gasteiger partial charge in [0.2, 0.25) is 0 Å². The Kier molecular flexibility index (Phi) is 11.0. The molecule has 0 spiro atoms. The summed E-state index contributed by atoms with van der Waals surface area (Å²) in [6.07, 6.45) is 1.90. The highest BCUT2D eigenvalue weighted by Gasteiger charge is 2.15. The molecule has 32 heavy (non-hydrogen) atoms. The number of halogens is 1. The van der Waals surface area contributed by atoms with Gasteiger partial charge in [0.05, 0.1) is 6.61 Å². The second kappa shape index (κ2) is 13.7. The van der Waals surface area contributed by atoms with E-state index in [1.807, 2.05) is 24.3 Å². The molecule has 0 saturated carbocycles. The Morgan fingerprint density at radius 1 is 0.969 bits per heavy atom. The zero-order chi connectivity index (χ0) is 23.3. The van der Waals surface area contributed by atoms with Gasteiger partial charge in [0, 0.05) is 44.2 Å². The monoisotopic (exact) mass is 462 g/mol. The maximum absolute atomic E-state index is 9.10. The number of ether oxygens (including phenoxy) is 1. The fourth-order valence-corrected chi connectivity index (χ4v) is 3.64.